The Bertz CT molecular complexity index is 129. The lowest BCUT2D eigenvalue weighted by atomic mass is 10.2. The van der Waals surface area contributed by atoms with E-state index in [9.17, 15) is 0 Å². The maximum atomic E-state index is 2.59. The van der Waals surface area contributed by atoms with Crippen molar-refractivity contribution in [2.24, 2.45) is 0 Å². The fourth-order valence-corrected chi connectivity index (χ4v) is 1.57. The van der Waals surface area contributed by atoms with Gasteiger partial charge in [-0.3, -0.25) is 0 Å². The molecule has 0 atom stereocenters. The first-order valence-corrected chi connectivity index (χ1v) is 6.22. The number of nitrogens with zero attached hydrogens (tertiary/aromatic N) is 1. The molecule has 14 heavy (non-hydrogen) atoms. The van der Waals surface area contributed by atoms with Crippen LogP contribution < -0.4 is 0 Å². The van der Waals surface area contributed by atoms with E-state index in [0.717, 1.165) is 0 Å². The molecule has 0 rings (SSSR count). The van der Waals surface area contributed by atoms with Gasteiger partial charge in [0.1, 0.15) is 0 Å². The van der Waals surface area contributed by atoms with Crippen LogP contribution in [0.1, 0.15) is 52.9 Å². The minimum absolute atomic E-state index is 1.17. The standard InChI is InChI=1S/C13H27N/c1-4-7-9-10-13-14(11-6-3)12-8-5-2/h7,9H,4-6,8,10-13H2,1-3H3/b9-7-. The van der Waals surface area contributed by atoms with Gasteiger partial charge in [0.15, 0.2) is 0 Å². The molecule has 0 heterocycles. The fourth-order valence-electron chi connectivity index (χ4n) is 1.57. The van der Waals surface area contributed by atoms with Crippen molar-refractivity contribution in [3.8, 4) is 0 Å². The van der Waals surface area contributed by atoms with Crippen LogP contribution in [0.5, 0.6) is 0 Å². The van der Waals surface area contributed by atoms with E-state index in [4.69, 9.17) is 0 Å². The number of hydrogen-bond donors (Lipinski definition) is 0. The van der Waals surface area contributed by atoms with Crippen LogP contribution in [-0.4, -0.2) is 24.5 Å². The summed E-state index contributed by atoms with van der Waals surface area (Å²) in [6.07, 6.45) is 10.9. The Kier molecular flexibility index (Phi) is 10.5. The first-order chi connectivity index (χ1) is 6.85. The largest absolute Gasteiger partial charge is 0.303 e. The van der Waals surface area contributed by atoms with E-state index in [1.807, 2.05) is 0 Å². The van der Waals surface area contributed by atoms with Gasteiger partial charge in [0.2, 0.25) is 0 Å². The molecule has 0 amide bonds. The first-order valence-electron chi connectivity index (χ1n) is 6.22. The van der Waals surface area contributed by atoms with Gasteiger partial charge >= 0.3 is 0 Å². The normalized spacial score (nSPS) is 11.7. The topological polar surface area (TPSA) is 3.24 Å². The quantitative estimate of drug-likeness (QED) is 0.507. The van der Waals surface area contributed by atoms with Crippen LogP contribution in [-0.2, 0) is 0 Å². The molecular weight excluding hydrogens is 170 g/mol. The average molecular weight is 197 g/mol. The van der Waals surface area contributed by atoms with E-state index in [0.29, 0.717) is 0 Å². The molecule has 0 spiro atoms. The van der Waals surface area contributed by atoms with Crippen molar-refractivity contribution in [1.29, 1.82) is 0 Å². The molecule has 0 aromatic rings. The summed E-state index contributed by atoms with van der Waals surface area (Å²) in [5.41, 5.74) is 0. The van der Waals surface area contributed by atoms with Gasteiger partial charge in [-0.15, -0.1) is 0 Å². The minimum atomic E-state index is 1.17. The van der Waals surface area contributed by atoms with Crippen LogP contribution >= 0.6 is 0 Å². The maximum Gasteiger partial charge on any atom is 0.00159 e. The lowest BCUT2D eigenvalue weighted by Gasteiger charge is -2.20. The third kappa shape index (κ3) is 8.31. The zero-order valence-electron chi connectivity index (χ0n) is 10.3. The molecule has 84 valence electrons. The summed E-state index contributed by atoms with van der Waals surface area (Å²) in [7, 11) is 0. The molecule has 0 N–H and O–H groups in total. The Labute approximate surface area is 90.2 Å². The third-order valence-corrected chi connectivity index (χ3v) is 2.38. The molecule has 0 fully saturated rings. The number of rotatable bonds is 9. The number of hydrogen-bond acceptors (Lipinski definition) is 1. The Hall–Kier alpha value is -0.300. The minimum Gasteiger partial charge on any atom is -0.303 e. The molecule has 1 heteroatoms. The summed E-state index contributed by atoms with van der Waals surface area (Å²) in [6.45, 7) is 10.5. The summed E-state index contributed by atoms with van der Waals surface area (Å²) in [5.74, 6) is 0. The summed E-state index contributed by atoms with van der Waals surface area (Å²) in [6, 6.07) is 0. The second-order valence-corrected chi connectivity index (χ2v) is 3.86. The van der Waals surface area contributed by atoms with E-state index in [-0.39, 0.29) is 0 Å². The SMILES string of the molecule is CC/C=C\CCN(CCC)CCCC. The van der Waals surface area contributed by atoms with Gasteiger partial charge in [-0.05, 0) is 38.8 Å². The van der Waals surface area contributed by atoms with Gasteiger partial charge in [-0.1, -0.05) is 39.3 Å². The lowest BCUT2D eigenvalue weighted by molar-refractivity contribution is 0.275. The Morgan fingerprint density at radius 2 is 1.64 bits per heavy atom. The van der Waals surface area contributed by atoms with E-state index in [1.165, 1.54) is 51.7 Å². The molecule has 1 nitrogen and oxygen atoms in total. The highest BCUT2D eigenvalue weighted by atomic mass is 15.1. The molecule has 0 unspecified atom stereocenters. The Morgan fingerprint density at radius 3 is 2.21 bits per heavy atom. The molecule has 0 aliphatic rings. The van der Waals surface area contributed by atoms with Crippen molar-refractivity contribution in [1.82, 2.24) is 4.90 Å². The van der Waals surface area contributed by atoms with Crippen molar-refractivity contribution in [2.45, 2.75) is 52.9 Å². The second kappa shape index (κ2) is 10.8. The van der Waals surface area contributed by atoms with Gasteiger partial charge in [0.05, 0.1) is 0 Å². The predicted molar refractivity (Wildman–Crippen MR) is 65.7 cm³/mol. The van der Waals surface area contributed by atoms with E-state index >= 15 is 0 Å². The van der Waals surface area contributed by atoms with Crippen LogP contribution in [0.15, 0.2) is 12.2 Å². The van der Waals surface area contributed by atoms with Crippen molar-refractivity contribution >= 4 is 0 Å². The van der Waals surface area contributed by atoms with Crippen molar-refractivity contribution in [2.75, 3.05) is 19.6 Å². The molecule has 0 aliphatic heterocycles. The second-order valence-electron chi connectivity index (χ2n) is 3.86. The molecule has 0 saturated carbocycles. The van der Waals surface area contributed by atoms with Crippen LogP contribution in [0.25, 0.3) is 0 Å². The van der Waals surface area contributed by atoms with E-state index in [2.05, 4.69) is 37.8 Å². The first kappa shape index (κ1) is 13.7. The fraction of sp³-hybridized carbons (Fsp3) is 0.846. The van der Waals surface area contributed by atoms with Crippen molar-refractivity contribution in [3.05, 3.63) is 12.2 Å². The summed E-state index contributed by atoms with van der Waals surface area (Å²) >= 11 is 0. The number of allylic oxidation sites excluding steroid dienone is 1. The van der Waals surface area contributed by atoms with Crippen LogP contribution in [0, 0.1) is 0 Å². The summed E-state index contributed by atoms with van der Waals surface area (Å²) in [5, 5.41) is 0. The molecule has 0 aliphatic carbocycles. The molecule has 0 aromatic carbocycles. The van der Waals surface area contributed by atoms with Crippen LogP contribution in [0.2, 0.25) is 0 Å². The number of unbranched alkanes of at least 4 members (excludes halogenated alkanes) is 1. The van der Waals surface area contributed by atoms with Crippen LogP contribution in [0.4, 0.5) is 0 Å². The van der Waals surface area contributed by atoms with Gasteiger partial charge in [0, 0.05) is 6.54 Å². The zero-order valence-corrected chi connectivity index (χ0v) is 10.3. The highest BCUT2D eigenvalue weighted by Crippen LogP contribution is 1.99. The van der Waals surface area contributed by atoms with Crippen molar-refractivity contribution < 1.29 is 0 Å². The maximum absolute atomic E-state index is 2.59. The van der Waals surface area contributed by atoms with Crippen LogP contribution in [0.3, 0.4) is 0 Å². The zero-order chi connectivity index (χ0) is 10.6. The lowest BCUT2D eigenvalue weighted by Crippen LogP contribution is -2.26. The monoisotopic (exact) mass is 197 g/mol. The molecule has 0 radical (unpaired) electrons. The molecule has 0 bridgehead atoms. The van der Waals surface area contributed by atoms with E-state index < -0.39 is 0 Å². The summed E-state index contributed by atoms with van der Waals surface area (Å²) < 4.78 is 0. The van der Waals surface area contributed by atoms with Gasteiger partial charge < -0.3 is 4.90 Å². The Morgan fingerprint density at radius 1 is 0.857 bits per heavy atom. The molecule has 0 aromatic heterocycles. The third-order valence-electron chi connectivity index (χ3n) is 2.38. The smallest absolute Gasteiger partial charge is 0.00159 e. The highest BCUT2D eigenvalue weighted by molar-refractivity contribution is 4.81. The van der Waals surface area contributed by atoms with Gasteiger partial charge in [-0.25, -0.2) is 0 Å². The highest BCUT2D eigenvalue weighted by Gasteiger charge is 2.00. The van der Waals surface area contributed by atoms with E-state index in [1.54, 1.807) is 0 Å². The predicted octanol–water partition coefficient (Wildman–Crippen LogP) is 3.85. The van der Waals surface area contributed by atoms with Crippen molar-refractivity contribution in [3.63, 3.8) is 0 Å². The van der Waals surface area contributed by atoms with Gasteiger partial charge in [0.25, 0.3) is 0 Å². The van der Waals surface area contributed by atoms with Gasteiger partial charge in [-0.2, -0.15) is 0 Å². The Balaban J connectivity index is 3.55. The molecular formula is C13H27N. The molecule has 0 saturated heterocycles. The summed E-state index contributed by atoms with van der Waals surface area (Å²) in [4.78, 5) is 2.59. The average Bonchev–Trinajstić information content (AvgIpc) is 2.20.